The van der Waals surface area contributed by atoms with Gasteiger partial charge in [0.1, 0.15) is 4.21 Å². The van der Waals surface area contributed by atoms with Crippen molar-refractivity contribution in [2.24, 2.45) is 0 Å². The van der Waals surface area contributed by atoms with Crippen LogP contribution in [0.5, 0.6) is 0 Å². The number of carbonyl (C=O) groups excluding carboxylic acids is 2. The third-order valence-electron chi connectivity index (χ3n) is 7.74. The minimum absolute atomic E-state index is 0.0208. The summed E-state index contributed by atoms with van der Waals surface area (Å²) in [5, 5.41) is 1.38. The number of fused-ring (bicyclic) bond motifs is 2. The highest BCUT2D eigenvalue weighted by atomic mass is 35.5. The average Bonchev–Trinajstić information content (AvgIpc) is 3.61. The lowest BCUT2D eigenvalue weighted by Gasteiger charge is -2.41. The van der Waals surface area contributed by atoms with Gasteiger partial charge in [0.25, 0.3) is 15.9 Å². The lowest BCUT2D eigenvalue weighted by atomic mass is 10.1. The van der Waals surface area contributed by atoms with Crippen LogP contribution in [0.3, 0.4) is 0 Å². The Balaban J connectivity index is 1.26. The first kappa shape index (κ1) is 30.8. The molecule has 43 heavy (non-hydrogen) atoms. The van der Waals surface area contributed by atoms with Crippen LogP contribution >= 0.6 is 34.3 Å². The summed E-state index contributed by atoms with van der Waals surface area (Å²) in [5.41, 5.74) is 0.584. The van der Waals surface area contributed by atoms with Gasteiger partial charge in [-0.3, -0.25) is 14.1 Å². The predicted molar refractivity (Wildman–Crippen MR) is 160 cm³/mol. The average molecular weight is 690 g/mol. The number of hydrogen-bond donors (Lipinski definition) is 1. The van der Waals surface area contributed by atoms with Crippen molar-refractivity contribution >= 4 is 76.5 Å². The van der Waals surface area contributed by atoms with Crippen LogP contribution in [-0.2, 0) is 42.8 Å². The predicted octanol–water partition coefficient (Wildman–Crippen LogP) is 1.94. The molecule has 0 spiro atoms. The van der Waals surface area contributed by atoms with Crippen LogP contribution in [0.15, 0.2) is 28.5 Å². The Hall–Kier alpha value is -2.22. The number of sulfonamides is 1. The van der Waals surface area contributed by atoms with Gasteiger partial charge in [-0.15, -0.1) is 22.7 Å². The lowest BCUT2D eigenvalue weighted by Crippen LogP contribution is -2.58. The highest BCUT2D eigenvalue weighted by molar-refractivity contribution is 7.91. The van der Waals surface area contributed by atoms with E-state index in [-0.39, 0.29) is 60.7 Å². The summed E-state index contributed by atoms with van der Waals surface area (Å²) >= 11 is 8.25. The molecular formula is C25H28ClN5O8S4. The number of piperazine rings is 1. The van der Waals surface area contributed by atoms with Gasteiger partial charge in [0.15, 0.2) is 5.01 Å². The summed E-state index contributed by atoms with van der Waals surface area (Å²) in [4.78, 5) is 35.3. The molecule has 1 aromatic carbocycles. The summed E-state index contributed by atoms with van der Waals surface area (Å²) in [5.74, 6) is -0.657. The number of hydrogen-bond acceptors (Lipinski definition) is 10. The monoisotopic (exact) mass is 689 g/mol. The van der Waals surface area contributed by atoms with Gasteiger partial charge in [-0.05, 0) is 23.6 Å². The van der Waals surface area contributed by atoms with Gasteiger partial charge in [-0.2, -0.15) is 17.0 Å². The van der Waals surface area contributed by atoms with Crippen molar-refractivity contribution in [2.45, 2.75) is 29.6 Å². The number of nitrogens with zero attached hydrogens (tertiary/aromatic N) is 5. The van der Waals surface area contributed by atoms with Gasteiger partial charge in [0, 0.05) is 66.7 Å². The summed E-state index contributed by atoms with van der Waals surface area (Å²) < 4.78 is 68.7. The second kappa shape index (κ2) is 11.9. The summed E-state index contributed by atoms with van der Waals surface area (Å²) in [6.07, 6.45) is 0.158. The van der Waals surface area contributed by atoms with Gasteiger partial charge >= 0.3 is 10.3 Å². The fourth-order valence-electron chi connectivity index (χ4n) is 5.45. The molecule has 2 amide bonds. The second-order valence-electron chi connectivity index (χ2n) is 10.4. The SMILES string of the molecule is O=C(CC1CN(S(=O)(=O)c2cc3ccc(Cl)cc3s2)CCN1C(=O)c1nc2c(s1)CN(S(=O)(=O)O)CC2)N1CCOCC1. The zero-order chi connectivity index (χ0) is 30.5. The molecule has 2 saturated heterocycles. The molecule has 1 unspecified atom stereocenters. The fourth-order valence-corrected chi connectivity index (χ4v) is 10.5. The van der Waals surface area contributed by atoms with Crippen molar-refractivity contribution < 1.29 is 35.7 Å². The van der Waals surface area contributed by atoms with E-state index in [9.17, 15) is 31.0 Å². The summed E-state index contributed by atoms with van der Waals surface area (Å²) in [6, 6.07) is 6.01. The van der Waals surface area contributed by atoms with Crippen LogP contribution in [0.2, 0.25) is 5.02 Å². The Labute approximate surface area is 261 Å². The number of aromatic nitrogens is 1. The Bertz CT molecular complexity index is 1790. The minimum atomic E-state index is -4.39. The summed E-state index contributed by atoms with van der Waals surface area (Å²) in [7, 11) is -8.33. The smallest absolute Gasteiger partial charge is 0.336 e. The van der Waals surface area contributed by atoms with E-state index in [1.165, 1.54) is 9.21 Å². The molecule has 1 N–H and O–H groups in total. The number of morpholine rings is 1. The number of thiophene rings is 1. The van der Waals surface area contributed by atoms with Crippen LogP contribution in [0.4, 0.5) is 0 Å². The summed E-state index contributed by atoms with van der Waals surface area (Å²) in [6.45, 7) is 1.56. The standard InChI is InChI=1S/C25H28ClN5O8S4/c26-17-2-1-16-11-23(40-20(16)12-17)42(34,35)29-5-6-31(18(14-29)13-22(32)28-7-9-39-10-8-28)25(33)24-27-19-3-4-30(43(36,37)38)15-21(19)41-24/h1-2,11-12,18H,3-10,13-15H2,(H,36,37,38). The molecule has 1 atom stereocenters. The highest BCUT2D eigenvalue weighted by Crippen LogP contribution is 2.34. The van der Waals surface area contributed by atoms with Crippen molar-refractivity contribution in [1.82, 2.24) is 23.4 Å². The van der Waals surface area contributed by atoms with Gasteiger partial charge in [-0.1, -0.05) is 17.7 Å². The van der Waals surface area contributed by atoms with Gasteiger partial charge in [-0.25, -0.2) is 13.4 Å². The molecule has 6 rings (SSSR count). The maximum atomic E-state index is 13.8. The molecule has 0 saturated carbocycles. The first-order valence-electron chi connectivity index (χ1n) is 13.5. The Morgan fingerprint density at radius 1 is 1.02 bits per heavy atom. The van der Waals surface area contributed by atoms with E-state index >= 15 is 0 Å². The molecule has 0 radical (unpaired) electrons. The minimum Gasteiger partial charge on any atom is -0.378 e. The highest BCUT2D eigenvalue weighted by Gasteiger charge is 2.40. The van der Waals surface area contributed by atoms with Gasteiger partial charge < -0.3 is 14.5 Å². The van der Waals surface area contributed by atoms with E-state index < -0.39 is 32.3 Å². The lowest BCUT2D eigenvalue weighted by molar-refractivity contribution is -0.136. The first-order chi connectivity index (χ1) is 20.4. The van der Waals surface area contributed by atoms with E-state index in [4.69, 9.17) is 16.3 Å². The zero-order valence-corrected chi connectivity index (χ0v) is 26.7. The molecule has 3 aliphatic heterocycles. The molecule has 3 aromatic rings. The van der Waals surface area contributed by atoms with Crippen LogP contribution < -0.4 is 0 Å². The quantitative estimate of drug-likeness (QED) is 0.382. The van der Waals surface area contributed by atoms with Crippen LogP contribution in [0, 0.1) is 0 Å². The number of thiazole rings is 1. The van der Waals surface area contributed by atoms with Crippen molar-refractivity contribution in [3.8, 4) is 0 Å². The Kier molecular flexibility index (Phi) is 8.55. The third kappa shape index (κ3) is 6.32. The van der Waals surface area contributed by atoms with Gasteiger partial charge in [0.2, 0.25) is 5.91 Å². The van der Waals surface area contributed by atoms with Crippen LogP contribution in [-0.4, -0.2) is 115 Å². The van der Waals surface area contributed by atoms with E-state index in [1.54, 1.807) is 29.2 Å². The molecule has 2 aromatic heterocycles. The molecule has 13 nitrogen and oxygen atoms in total. The molecule has 0 bridgehead atoms. The second-order valence-corrected chi connectivity index (χ2v) is 16.6. The van der Waals surface area contributed by atoms with E-state index in [2.05, 4.69) is 4.98 Å². The van der Waals surface area contributed by atoms with Crippen LogP contribution in [0.1, 0.15) is 26.8 Å². The number of carbonyl (C=O) groups is 2. The van der Waals surface area contributed by atoms with Crippen molar-refractivity contribution in [3.63, 3.8) is 0 Å². The zero-order valence-electron chi connectivity index (χ0n) is 22.7. The number of amides is 2. The molecule has 0 aliphatic carbocycles. The Morgan fingerprint density at radius 3 is 2.53 bits per heavy atom. The first-order valence-corrected chi connectivity index (χ1v) is 18.3. The third-order valence-corrected chi connectivity index (χ3v) is 13.4. The number of halogens is 1. The number of benzene rings is 1. The van der Waals surface area contributed by atoms with E-state index in [0.717, 1.165) is 37.1 Å². The number of rotatable bonds is 6. The molecule has 18 heteroatoms. The maximum absolute atomic E-state index is 13.8. The molecule has 2 fully saturated rings. The number of ether oxygens (including phenoxy) is 1. The molecule has 232 valence electrons. The largest absolute Gasteiger partial charge is 0.378 e. The van der Waals surface area contributed by atoms with E-state index in [0.29, 0.717) is 41.9 Å². The maximum Gasteiger partial charge on any atom is 0.336 e. The van der Waals surface area contributed by atoms with Crippen molar-refractivity contribution in [1.29, 1.82) is 0 Å². The normalized spacial score (nSPS) is 20.8. The fraction of sp³-hybridized carbons (Fsp3) is 0.480. The van der Waals surface area contributed by atoms with Crippen molar-refractivity contribution in [2.75, 3.05) is 52.5 Å². The van der Waals surface area contributed by atoms with Crippen molar-refractivity contribution in [3.05, 3.63) is 44.9 Å². The Morgan fingerprint density at radius 2 is 1.79 bits per heavy atom. The molecule has 3 aliphatic rings. The van der Waals surface area contributed by atoms with Crippen LogP contribution in [0.25, 0.3) is 10.1 Å². The molecular weight excluding hydrogens is 662 g/mol. The molecule has 5 heterocycles. The topological polar surface area (TPSA) is 158 Å². The van der Waals surface area contributed by atoms with E-state index in [1.807, 2.05) is 0 Å². The van der Waals surface area contributed by atoms with Gasteiger partial charge in [0.05, 0.1) is 31.5 Å².